The Hall–Kier alpha value is -1.63. The summed E-state index contributed by atoms with van der Waals surface area (Å²) in [4.78, 5) is 18.5. The number of anilines is 1. The highest BCUT2D eigenvalue weighted by Gasteiger charge is 2.25. The number of nitrogens with zero attached hydrogens (tertiary/aromatic N) is 2. The van der Waals surface area contributed by atoms with Crippen molar-refractivity contribution in [2.75, 3.05) is 29.9 Å². The lowest BCUT2D eigenvalue weighted by Gasteiger charge is -2.26. The third kappa shape index (κ3) is 5.92. The summed E-state index contributed by atoms with van der Waals surface area (Å²) >= 11 is 0. The first-order chi connectivity index (χ1) is 12.9. The number of sulfone groups is 1. The van der Waals surface area contributed by atoms with Crippen molar-refractivity contribution < 1.29 is 13.2 Å². The van der Waals surface area contributed by atoms with Crippen LogP contribution < -0.4 is 5.32 Å². The summed E-state index contributed by atoms with van der Waals surface area (Å²) in [6, 6.07) is 3.97. The van der Waals surface area contributed by atoms with Gasteiger partial charge in [-0.05, 0) is 37.8 Å². The molecule has 1 aromatic heterocycles. The number of amides is 1. The zero-order chi connectivity index (χ0) is 19.3. The number of hydrogen-bond donors (Lipinski definition) is 1. The van der Waals surface area contributed by atoms with Gasteiger partial charge in [-0.25, -0.2) is 13.4 Å². The quantitative estimate of drug-likeness (QED) is 0.803. The van der Waals surface area contributed by atoms with Gasteiger partial charge in [-0.3, -0.25) is 4.79 Å². The fourth-order valence-electron chi connectivity index (χ4n) is 3.99. The lowest BCUT2D eigenvalue weighted by Crippen LogP contribution is -2.43. The Morgan fingerprint density at radius 3 is 2.56 bits per heavy atom. The topological polar surface area (TPSA) is 79.4 Å². The summed E-state index contributed by atoms with van der Waals surface area (Å²) < 4.78 is 23.0. The van der Waals surface area contributed by atoms with Crippen molar-refractivity contribution >= 4 is 21.6 Å². The molecule has 150 valence electrons. The second-order valence-electron chi connectivity index (χ2n) is 8.00. The SMILES string of the molecule is CC(CCC1CCCCC1)Nc1ccc(C(=O)N2CCS(=O)(=O)CC2)cn1. The first-order valence-corrected chi connectivity index (χ1v) is 12.0. The van der Waals surface area contributed by atoms with E-state index in [1.165, 1.54) is 38.5 Å². The Morgan fingerprint density at radius 2 is 1.93 bits per heavy atom. The monoisotopic (exact) mass is 393 g/mol. The van der Waals surface area contributed by atoms with Gasteiger partial charge >= 0.3 is 0 Å². The van der Waals surface area contributed by atoms with Crippen molar-refractivity contribution in [1.29, 1.82) is 0 Å². The highest BCUT2D eigenvalue weighted by atomic mass is 32.2. The van der Waals surface area contributed by atoms with Gasteiger partial charge in [0.2, 0.25) is 0 Å². The molecule has 1 aromatic rings. The van der Waals surface area contributed by atoms with Crippen LogP contribution in [0.1, 0.15) is 62.2 Å². The van der Waals surface area contributed by atoms with E-state index < -0.39 is 9.84 Å². The zero-order valence-corrected chi connectivity index (χ0v) is 17.0. The van der Waals surface area contributed by atoms with Crippen molar-refractivity contribution in [3.8, 4) is 0 Å². The number of hydrogen-bond acceptors (Lipinski definition) is 5. The predicted molar refractivity (Wildman–Crippen MR) is 108 cm³/mol. The standard InChI is InChI=1S/C20H31N3O3S/c1-16(7-8-17-5-3-2-4-6-17)22-19-10-9-18(15-21-19)20(24)23-11-13-27(25,26)14-12-23/h9-10,15-17H,2-8,11-14H2,1H3,(H,21,22). The number of nitrogens with one attached hydrogen (secondary N) is 1. The smallest absolute Gasteiger partial charge is 0.255 e. The maximum Gasteiger partial charge on any atom is 0.255 e. The van der Waals surface area contributed by atoms with E-state index in [9.17, 15) is 13.2 Å². The molecule has 0 bridgehead atoms. The van der Waals surface area contributed by atoms with Crippen LogP contribution in [0.15, 0.2) is 18.3 Å². The summed E-state index contributed by atoms with van der Waals surface area (Å²) in [5, 5.41) is 3.42. The number of rotatable bonds is 6. The molecule has 0 spiro atoms. The Kier molecular flexibility index (Phi) is 6.73. The van der Waals surface area contributed by atoms with E-state index in [2.05, 4.69) is 17.2 Å². The number of carbonyl (C=O) groups excluding carboxylic acids is 1. The largest absolute Gasteiger partial charge is 0.368 e. The molecule has 0 radical (unpaired) electrons. The maximum atomic E-state index is 12.5. The Bertz CT molecular complexity index is 713. The van der Waals surface area contributed by atoms with Crippen LogP contribution in [0.3, 0.4) is 0 Å². The molecule has 1 saturated carbocycles. The van der Waals surface area contributed by atoms with Crippen molar-refractivity contribution in [2.24, 2.45) is 5.92 Å². The molecule has 2 fully saturated rings. The van der Waals surface area contributed by atoms with Crippen LogP contribution in [-0.2, 0) is 9.84 Å². The van der Waals surface area contributed by atoms with Gasteiger partial charge in [-0.1, -0.05) is 32.1 Å². The van der Waals surface area contributed by atoms with Crippen LogP contribution in [0.4, 0.5) is 5.82 Å². The van der Waals surface area contributed by atoms with E-state index in [1.54, 1.807) is 17.2 Å². The average molecular weight is 394 g/mol. The maximum absolute atomic E-state index is 12.5. The van der Waals surface area contributed by atoms with Gasteiger partial charge in [0, 0.05) is 25.3 Å². The summed E-state index contributed by atoms with van der Waals surface area (Å²) in [5.41, 5.74) is 0.509. The molecule has 1 N–H and O–H groups in total. The van der Waals surface area contributed by atoms with E-state index in [0.29, 0.717) is 11.6 Å². The van der Waals surface area contributed by atoms with Crippen molar-refractivity contribution in [3.05, 3.63) is 23.9 Å². The molecule has 2 heterocycles. The van der Waals surface area contributed by atoms with E-state index in [4.69, 9.17) is 0 Å². The van der Waals surface area contributed by atoms with Gasteiger partial charge in [0.05, 0.1) is 17.1 Å². The zero-order valence-electron chi connectivity index (χ0n) is 16.2. The average Bonchev–Trinajstić information content (AvgIpc) is 2.67. The molecular weight excluding hydrogens is 362 g/mol. The van der Waals surface area contributed by atoms with E-state index in [1.807, 2.05) is 6.07 Å². The highest BCUT2D eigenvalue weighted by molar-refractivity contribution is 7.91. The molecule has 7 heteroatoms. The van der Waals surface area contributed by atoms with Crippen LogP contribution in [0.25, 0.3) is 0 Å². The molecule has 1 aliphatic carbocycles. The predicted octanol–water partition coefficient (Wildman–Crippen LogP) is 3.11. The summed E-state index contributed by atoms with van der Waals surface area (Å²) in [5.74, 6) is 1.61. The number of aromatic nitrogens is 1. The third-order valence-corrected chi connectivity index (χ3v) is 7.38. The molecule has 1 saturated heterocycles. The summed E-state index contributed by atoms with van der Waals surface area (Å²) in [7, 11) is -2.98. The molecule has 6 nitrogen and oxygen atoms in total. The van der Waals surface area contributed by atoms with Gasteiger partial charge in [-0.2, -0.15) is 0 Å². The Labute approximate surface area is 162 Å². The minimum atomic E-state index is -2.98. The van der Waals surface area contributed by atoms with Crippen LogP contribution in [0, 0.1) is 5.92 Å². The molecule has 3 rings (SSSR count). The van der Waals surface area contributed by atoms with E-state index in [-0.39, 0.29) is 30.5 Å². The Balaban J connectivity index is 1.47. The normalized spacial score (nSPS) is 21.6. The fraction of sp³-hybridized carbons (Fsp3) is 0.700. The van der Waals surface area contributed by atoms with Crippen molar-refractivity contribution in [1.82, 2.24) is 9.88 Å². The lowest BCUT2D eigenvalue weighted by molar-refractivity contribution is 0.0770. The van der Waals surface area contributed by atoms with Crippen LogP contribution in [0.2, 0.25) is 0 Å². The van der Waals surface area contributed by atoms with Crippen LogP contribution in [0.5, 0.6) is 0 Å². The van der Waals surface area contributed by atoms with E-state index in [0.717, 1.165) is 18.2 Å². The van der Waals surface area contributed by atoms with Gasteiger partial charge in [0.15, 0.2) is 9.84 Å². The van der Waals surface area contributed by atoms with Crippen LogP contribution >= 0.6 is 0 Å². The molecule has 2 aliphatic rings. The molecule has 1 amide bonds. The fourth-order valence-corrected chi connectivity index (χ4v) is 5.19. The first-order valence-electron chi connectivity index (χ1n) is 10.2. The second-order valence-corrected chi connectivity index (χ2v) is 10.3. The molecule has 27 heavy (non-hydrogen) atoms. The molecule has 1 aliphatic heterocycles. The minimum absolute atomic E-state index is 0.0459. The summed E-state index contributed by atoms with van der Waals surface area (Å²) in [6.07, 6.45) is 10.9. The highest BCUT2D eigenvalue weighted by Crippen LogP contribution is 2.28. The van der Waals surface area contributed by atoms with Crippen molar-refractivity contribution in [3.63, 3.8) is 0 Å². The lowest BCUT2D eigenvalue weighted by atomic mass is 9.85. The number of carbonyl (C=O) groups is 1. The molecule has 1 atom stereocenters. The molecule has 1 unspecified atom stereocenters. The van der Waals surface area contributed by atoms with E-state index >= 15 is 0 Å². The van der Waals surface area contributed by atoms with Crippen molar-refractivity contribution in [2.45, 2.75) is 57.9 Å². The van der Waals surface area contributed by atoms with Gasteiger partial charge in [0.25, 0.3) is 5.91 Å². The van der Waals surface area contributed by atoms with Gasteiger partial charge in [0.1, 0.15) is 5.82 Å². The molecular formula is C20H31N3O3S. The minimum Gasteiger partial charge on any atom is -0.368 e. The van der Waals surface area contributed by atoms with Crippen LogP contribution in [-0.4, -0.2) is 54.8 Å². The van der Waals surface area contributed by atoms with Gasteiger partial charge in [-0.15, -0.1) is 0 Å². The Morgan fingerprint density at radius 1 is 1.22 bits per heavy atom. The number of pyridine rings is 1. The van der Waals surface area contributed by atoms with Gasteiger partial charge < -0.3 is 10.2 Å². The summed E-state index contributed by atoms with van der Waals surface area (Å²) in [6.45, 7) is 2.70. The first kappa shape index (κ1) is 20.1. The molecule has 0 aromatic carbocycles. The second kappa shape index (κ2) is 9.04. The third-order valence-electron chi connectivity index (χ3n) is 5.77.